The molecule has 3 rings (SSSR count). The van der Waals surface area contributed by atoms with Crippen LogP contribution in [0.25, 0.3) is 0 Å². The molecule has 0 aliphatic carbocycles. The molecule has 1 aromatic heterocycles. The molecule has 164 valence electrons. The highest BCUT2D eigenvalue weighted by Gasteiger charge is 2.35. The molecule has 2 aromatic carbocycles. The molecule has 8 heteroatoms. The number of ether oxygens (including phenoxy) is 1. The number of aromatic nitrogens is 2. The second kappa shape index (κ2) is 9.68. The highest BCUT2D eigenvalue weighted by molar-refractivity contribution is 5.67. The summed E-state index contributed by atoms with van der Waals surface area (Å²) in [5, 5.41) is 5.73. The third-order valence-corrected chi connectivity index (χ3v) is 4.35. The summed E-state index contributed by atoms with van der Waals surface area (Å²) in [5.41, 5.74) is 1.30. The minimum absolute atomic E-state index is 0.0565. The van der Waals surface area contributed by atoms with E-state index < -0.39 is 11.7 Å². The van der Waals surface area contributed by atoms with Gasteiger partial charge in [0.15, 0.2) is 0 Å². The number of anilines is 4. The fourth-order valence-corrected chi connectivity index (χ4v) is 2.97. The molecule has 0 amide bonds. The van der Waals surface area contributed by atoms with Gasteiger partial charge in [-0.25, -0.2) is 4.98 Å². The molecule has 0 aliphatic rings. The maximum Gasteiger partial charge on any atom is 0.421 e. The summed E-state index contributed by atoms with van der Waals surface area (Å²) in [5.74, 6) is 0.138. The van der Waals surface area contributed by atoms with E-state index in [-0.39, 0.29) is 17.9 Å². The van der Waals surface area contributed by atoms with Gasteiger partial charge in [0, 0.05) is 11.9 Å². The molecule has 0 fully saturated rings. The van der Waals surface area contributed by atoms with Gasteiger partial charge in [-0.1, -0.05) is 37.6 Å². The van der Waals surface area contributed by atoms with Crippen LogP contribution in [-0.4, -0.2) is 16.1 Å². The maximum atomic E-state index is 13.6. The Kier molecular flexibility index (Phi) is 6.99. The summed E-state index contributed by atoms with van der Waals surface area (Å²) in [6.07, 6.45) is -1.98. The van der Waals surface area contributed by atoms with E-state index in [9.17, 15) is 13.2 Å². The highest BCUT2D eigenvalue weighted by Crippen LogP contribution is 2.37. The van der Waals surface area contributed by atoms with Crippen molar-refractivity contribution in [2.24, 2.45) is 0 Å². The van der Waals surface area contributed by atoms with E-state index in [1.165, 1.54) is 5.56 Å². The van der Waals surface area contributed by atoms with Gasteiger partial charge in [0.05, 0.1) is 11.8 Å². The molecule has 0 saturated heterocycles. The molecule has 0 bridgehead atoms. The van der Waals surface area contributed by atoms with E-state index in [0.29, 0.717) is 17.1 Å². The SMILES string of the molecule is CCCc1ccc(Nc2ncc(C(F)(F)F)c(Nc3ccccc3OC(C)C)n2)cc1. The van der Waals surface area contributed by atoms with Gasteiger partial charge in [-0.2, -0.15) is 18.2 Å². The number of para-hydroxylation sites is 2. The molecular formula is C23H25F3N4O. The van der Waals surface area contributed by atoms with E-state index in [4.69, 9.17) is 4.74 Å². The summed E-state index contributed by atoms with van der Waals surface area (Å²) in [7, 11) is 0. The van der Waals surface area contributed by atoms with Crippen LogP contribution in [0, 0.1) is 0 Å². The minimum Gasteiger partial charge on any atom is -0.489 e. The van der Waals surface area contributed by atoms with Crippen LogP contribution in [0.15, 0.2) is 54.7 Å². The Morgan fingerprint density at radius 3 is 2.35 bits per heavy atom. The fraction of sp³-hybridized carbons (Fsp3) is 0.304. The first-order valence-corrected chi connectivity index (χ1v) is 10.1. The van der Waals surface area contributed by atoms with Crippen molar-refractivity contribution >= 4 is 23.1 Å². The first kappa shape index (κ1) is 22.4. The van der Waals surface area contributed by atoms with Gasteiger partial charge in [-0.15, -0.1) is 0 Å². The third-order valence-electron chi connectivity index (χ3n) is 4.35. The Hall–Kier alpha value is -3.29. The van der Waals surface area contributed by atoms with Crippen LogP contribution in [0.5, 0.6) is 5.75 Å². The van der Waals surface area contributed by atoms with E-state index in [0.717, 1.165) is 19.0 Å². The van der Waals surface area contributed by atoms with Crippen molar-refractivity contribution in [2.45, 2.75) is 45.9 Å². The Morgan fingerprint density at radius 2 is 1.71 bits per heavy atom. The Morgan fingerprint density at radius 1 is 1.00 bits per heavy atom. The van der Waals surface area contributed by atoms with Crippen LogP contribution >= 0.6 is 0 Å². The van der Waals surface area contributed by atoms with E-state index in [1.54, 1.807) is 24.3 Å². The molecule has 0 saturated carbocycles. The molecule has 2 N–H and O–H groups in total. The van der Waals surface area contributed by atoms with Gasteiger partial charge < -0.3 is 15.4 Å². The zero-order valence-electron chi connectivity index (χ0n) is 17.6. The topological polar surface area (TPSA) is 59.1 Å². The second-order valence-electron chi connectivity index (χ2n) is 7.31. The molecule has 0 aliphatic heterocycles. The summed E-state index contributed by atoms with van der Waals surface area (Å²) >= 11 is 0. The molecule has 0 atom stereocenters. The summed E-state index contributed by atoms with van der Waals surface area (Å²) < 4.78 is 46.4. The monoisotopic (exact) mass is 430 g/mol. The number of hydrogen-bond acceptors (Lipinski definition) is 5. The number of benzene rings is 2. The van der Waals surface area contributed by atoms with Gasteiger partial charge >= 0.3 is 6.18 Å². The summed E-state index contributed by atoms with van der Waals surface area (Å²) in [6, 6.07) is 14.4. The number of alkyl halides is 3. The van der Waals surface area contributed by atoms with E-state index in [2.05, 4.69) is 27.5 Å². The number of halogens is 3. The van der Waals surface area contributed by atoms with Crippen LogP contribution in [0.1, 0.15) is 38.3 Å². The normalized spacial score (nSPS) is 11.5. The Labute approximate surface area is 179 Å². The number of nitrogens with zero attached hydrogens (tertiary/aromatic N) is 2. The average molecular weight is 430 g/mol. The van der Waals surface area contributed by atoms with Crippen molar-refractivity contribution in [1.29, 1.82) is 0 Å². The van der Waals surface area contributed by atoms with Crippen molar-refractivity contribution in [3.8, 4) is 5.75 Å². The molecule has 0 unspecified atom stereocenters. The van der Waals surface area contributed by atoms with E-state index in [1.807, 2.05) is 38.1 Å². The van der Waals surface area contributed by atoms with Crippen LogP contribution < -0.4 is 15.4 Å². The summed E-state index contributed by atoms with van der Waals surface area (Å²) in [4.78, 5) is 7.96. The lowest BCUT2D eigenvalue weighted by atomic mass is 10.1. The van der Waals surface area contributed by atoms with Gasteiger partial charge in [-0.05, 0) is 50.1 Å². The van der Waals surface area contributed by atoms with E-state index >= 15 is 0 Å². The quantitative estimate of drug-likeness (QED) is 0.415. The molecule has 1 heterocycles. The van der Waals surface area contributed by atoms with Crippen LogP contribution in [-0.2, 0) is 12.6 Å². The highest BCUT2D eigenvalue weighted by atomic mass is 19.4. The van der Waals surface area contributed by atoms with Crippen molar-refractivity contribution in [3.63, 3.8) is 0 Å². The standard InChI is InChI=1S/C23H25F3N4O/c1-4-7-16-10-12-17(13-11-16)28-22-27-14-18(23(24,25)26)21(30-22)29-19-8-5-6-9-20(19)31-15(2)3/h5-6,8-15H,4,7H2,1-3H3,(H2,27,28,29,30). The molecule has 5 nitrogen and oxygen atoms in total. The first-order chi connectivity index (χ1) is 14.8. The van der Waals surface area contributed by atoms with Gasteiger partial charge in [0.1, 0.15) is 17.1 Å². The van der Waals surface area contributed by atoms with Crippen molar-refractivity contribution < 1.29 is 17.9 Å². The van der Waals surface area contributed by atoms with Crippen molar-refractivity contribution in [3.05, 3.63) is 65.9 Å². The molecule has 31 heavy (non-hydrogen) atoms. The Balaban J connectivity index is 1.91. The number of nitrogens with one attached hydrogen (secondary N) is 2. The maximum absolute atomic E-state index is 13.6. The fourth-order valence-electron chi connectivity index (χ4n) is 2.97. The average Bonchev–Trinajstić information content (AvgIpc) is 2.70. The second-order valence-corrected chi connectivity index (χ2v) is 7.31. The van der Waals surface area contributed by atoms with Crippen molar-refractivity contribution in [1.82, 2.24) is 9.97 Å². The van der Waals surface area contributed by atoms with Gasteiger partial charge in [0.25, 0.3) is 0 Å². The number of aryl methyl sites for hydroxylation is 1. The number of hydrogen-bond donors (Lipinski definition) is 2. The smallest absolute Gasteiger partial charge is 0.421 e. The zero-order valence-corrected chi connectivity index (χ0v) is 17.6. The molecular weight excluding hydrogens is 405 g/mol. The van der Waals surface area contributed by atoms with Crippen LogP contribution in [0.3, 0.4) is 0 Å². The molecule has 3 aromatic rings. The van der Waals surface area contributed by atoms with Crippen LogP contribution in [0.2, 0.25) is 0 Å². The predicted molar refractivity (Wildman–Crippen MR) is 116 cm³/mol. The Bertz CT molecular complexity index is 1000. The van der Waals surface area contributed by atoms with Gasteiger partial charge in [0.2, 0.25) is 5.95 Å². The van der Waals surface area contributed by atoms with Crippen molar-refractivity contribution in [2.75, 3.05) is 10.6 Å². The number of rotatable bonds is 8. The zero-order chi connectivity index (χ0) is 22.4. The largest absolute Gasteiger partial charge is 0.489 e. The lowest BCUT2D eigenvalue weighted by Gasteiger charge is -2.18. The lowest BCUT2D eigenvalue weighted by Crippen LogP contribution is -2.13. The third kappa shape index (κ3) is 6.10. The minimum atomic E-state index is -4.61. The predicted octanol–water partition coefficient (Wildman–Crippen LogP) is 6.72. The first-order valence-electron chi connectivity index (χ1n) is 10.1. The summed E-state index contributed by atoms with van der Waals surface area (Å²) in [6.45, 7) is 5.79. The lowest BCUT2D eigenvalue weighted by molar-refractivity contribution is -0.137. The molecule has 0 spiro atoms. The van der Waals surface area contributed by atoms with Gasteiger partial charge in [-0.3, -0.25) is 0 Å². The molecule has 0 radical (unpaired) electrons. The van der Waals surface area contributed by atoms with Crippen LogP contribution in [0.4, 0.5) is 36.3 Å².